The van der Waals surface area contributed by atoms with Crippen LogP contribution in [-0.2, 0) is 10.4 Å². The van der Waals surface area contributed by atoms with Gasteiger partial charge >= 0.3 is 0 Å². The lowest BCUT2D eigenvalue weighted by molar-refractivity contribution is -0.155. The van der Waals surface area contributed by atoms with E-state index in [0.29, 0.717) is 12.0 Å². The first-order valence-electron chi connectivity index (χ1n) is 7.61. The molecule has 1 fully saturated rings. The molecule has 1 aliphatic rings. The van der Waals surface area contributed by atoms with Gasteiger partial charge in [-0.05, 0) is 37.2 Å². The molecule has 3 heteroatoms. The van der Waals surface area contributed by atoms with E-state index in [-0.39, 0.29) is 11.8 Å². The van der Waals surface area contributed by atoms with Gasteiger partial charge in [-0.1, -0.05) is 44.2 Å². The summed E-state index contributed by atoms with van der Waals surface area (Å²) >= 11 is 0. The second kappa shape index (κ2) is 6.40. The average Bonchev–Trinajstić information content (AvgIpc) is 2.47. The molecule has 1 atom stereocenters. The molecule has 0 bridgehead atoms. The van der Waals surface area contributed by atoms with E-state index in [2.05, 4.69) is 0 Å². The minimum Gasteiger partial charge on any atom is -0.375 e. The molecule has 0 spiro atoms. The molecule has 0 aliphatic carbocycles. The smallest absolute Gasteiger partial charge is 0.259 e. The molecule has 110 valence electrons. The highest BCUT2D eigenvalue weighted by molar-refractivity contribution is 5.86. The first-order valence-corrected chi connectivity index (χ1v) is 7.61. The predicted molar refractivity (Wildman–Crippen MR) is 80.2 cm³/mol. The van der Waals surface area contributed by atoms with E-state index < -0.39 is 5.60 Å². The Labute approximate surface area is 121 Å². The number of hydrogen-bond acceptors (Lipinski definition) is 2. The average molecular weight is 275 g/mol. The SMILES string of the molecule is CC(C)CC(O)(C(=O)N1CCCCC1)c1ccccc1. The minimum atomic E-state index is -1.38. The highest BCUT2D eigenvalue weighted by Gasteiger charge is 2.41. The third kappa shape index (κ3) is 3.21. The summed E-state index contributed by atoms with van der Waals surface area (Å²) in [5.41, 5.74) is -0.670. The Kier molecular flexibility index (Phi) is 4.81. The second-order valence-electron chi connectivity index (χ2n) is 6.18. The van der Waals surface area contributed by atoms with Crippen molar-refractivity contribution >= 4 is 5.91 Å². The molecule has 3 nitrogen and oxygen atoms in total. The maximum atomic E-state index is 12.8. The zero-order chi connectivity index (χ0) is 14.6. The summed E-state index contributed by atoms with van der Waals surface area (Å²) in [7, 11) is 0. The summed E-state index contributed by atoms with van der Waals surface area (Å²) in [5.74, 6) is 0.131. The number of likely N-dealkylation sites (tertiary alicyclic amines) is 1. The number of carbonyl (C=O) groups excluding carboxylic acids is 1. The zero-order valence-corrected chi connectivity index (χ0v) is 12.5. The molecule has 1 heterocycles. The first kappa shape index (κ1) is 15.0. The van der Waals surface area contributed by atoms with Gasteiger partial charge in [0.2, 0.25) is 0 Å². The van der Waals surface area contributed by atoms with E-state index in [4.69, 9.17) is 0 Å². The van der Waals surface area contributed by atoms with E-state index in [0.717, 1.165) is 25.9 Å². The fourth-order valence-electron chi connectivity index (χ4n) is 2.99. The molecule has 0 aromatic heterocycles. The maximum absolute atomic E-state index is 12.8. The van der Waals surface area contributed by atoms with Crippen molar-refractivity contribution in [1.29, 1.82) is 0 Å². The Morgan fingerprint density at radius 3 is 2.35 bits per heavy atom. The van der Waals surface area contributed by atoms with Gasteiger partial charge in [0, 0.05) is 13.1 Å². The molecule has 0 radical (unpaired) electrons. The number of aliphatic hydroxyl groups is 1. The van der Waals surface area contributed by atoms with Gasteiger partial charge in [-0.25, -0.2) is 0 Å². The standard InChI is InChI=1S/C17H25NO2/c1-14(2)13-17(20,15-9-5-3-6-10-15)16(19)18-11-7-4-8-12-18/h3,5-6,9-10,14,20H,4,7-8,11-13H2,1-2H3. The second-order valence-corrected chi connectivity index (χ2v) is 6.18. The Balaban J connectivity index is 2.28. The van der Waals surface area contributed by atoms with Crippen LogP contribution in [0.1, 0.15) is 45.1 Å². The number of amides is 1. The fourth-order valence-corrected chi connectivity index (χ4v) is 2.99. The van der Waals surface area contributed by atoms with Gasteiger partial charge in [-0.15, -0.1) is 0 Å². The van der Waals surface area contributed by atoms with Crippen LogP contribution in [0.3, 0.4) is 0 Å². The Morgan fingerprint density at radius 1 is 1.20 bits per heavy atom. The van der Waals surface area contributed by atoms with Crippen LogP contribution in [0.25, 0.3) is 0 Å². The fraction of sp³-hybridized carbons (Fsp3) is 0.588. The Bertz CT molecular complexity index is 438. The van der Waals surface area contributed by atoms with Gasteiger partial charge in [-0.2, -0.15) is 0 Å². The Hall–Kier alpha value is -1.35. The molecule has 1 amide bonds. The van der Waals surface area contributed by atoms with Gasteiger partial charge in [0.25, 0.3) is 5.91 Å². The summed E-state index contributed by atoms with van der Waals surface area (Å²) < 4.78 is 0. The maximum Gasteiger partial charge on any atom is 0.259 e. The van der Waals surface area contributed by atoms with Crippen LogP contribution >= 0.6 is 0 Å². The monoisotopic (exact) mass is 275 g/mol. The number of benzene rings is 1. The third-order valence-corrected chi connectivity index (χ3v) is 3.95. The van der Waals surface area contributed by atoms with Crippen LogP contribution in [-0.4, -0.2) is 29.0 Å². The van der Waals surface area contributed by atoms with E-state index in [1.807, 2.05) is 49.1 Å². The highest BCUT2D eigenvalue weighted by atomic mass is 16.3. The van der Waals surface area contributed by atoms with Crippen molar-refractivity contribution in [3.63, 3.8) is 0 Å². The van der Waals surface area contributed by atoms with Crippen molar-refractivity contribution in [2.24, 2.45) is 5.92 Å². The highest BCUT2D eigenvalue weighted by Crippen LogP contribution is 2.31. The van der Waals surface area contributed by atoms with Gasteiger partial charge in [0.05, 0.1) is 0 Å². The number of piperidine rings is 1. The molecule has 1 saturated heterocycles. The molecule has 20 heavy (non-hydrogen) atoms. The molecule has 0 saturated carbocycles. The predicted octanol–water partition coefficient (Wildman–Crippen LogP) is 2.93. The Morgan fingerprint density at radius 2 is 1.80 bits per heavy atom. The third-order valence-electron chi connectivity index (χ3n) is 3.95. The largest absolute Gasteiger partial charge is 0.375 e. The zero-order valence-electron chi connectivity index (χ0n) is 12.5. The van der Waals surface area contributed by atoms with Gasteiger partial charge in [0.1, 0.15) is 0 Å². The van der Waals surface area contributed by atoms with Crippen LogP contribution in [0, 0.1) is 5.92 Å². The molecule has 1 aromatic carbocycles. The molecular weight excluding hydrogens is 250 g/mol. The number of carbonyl (C=O) groups is 1. The molecule has 2 rings (SSSR count). The van der Waals surface area contributed by atoms with E-state index >= 15 is 0 Å². The van der Waals surface area contributed by atoms with Crippen molar-refractivity contribution < 1.29 is 9.90 Å². The minimum absolute atomic E-state index is 0.128. The summed E-state index contributed by atoms with van der Waals surface area (Å²) in [6.07, 6.45) is 3.72. The van der Waals surface area contributed by atoms with Gasteiger partial charge in [-0.3, -0.25) is 4.79 Å². The van der Waals surface area contributed by atoms with Gasteiger partial charge in [0.15, 0.2) is 5.60 Å². The number of rotatable bonds is 4. The number of hydrogen-bond donors (Lipinski definition) is 1. The van der Waals surface area contributed by atoms with Crippen LogP contribution < -0.4 is 0 Å². The lowest BCUT2D eigenvalue weighted by atomic mass is 9.84. The van der Waals surface area contributed by atoms with E-state index in [1.54, 1.807) is 0 Å². The summed E-state index contributed by atoms with van der Waals surface area (Å²) in [6.45, 7) is 5.62. The lowest BCUT2D eigenvalue weighted by Crippen LogP contribution is -2.49. The van der Waals surface area contributed by atoms with Crippen molar-refractivity contribution in [2.45, 2.75) is 45.1 Å². The van der Waals surface area contributed by atoms with E-state index in [9.17, 15) is 9.90 Å². The van der Waals surface area contributed by atoms with Crippen LogP contribution in [0.15, 0.2) is 30.3 Å². The molecule has 1 aliphatic heterocycles. The molecule has 1 N–H and O–H groups in total. The van der Waals surface area contributed by atoms with Crippen LogP contribution in [0.2, 0.25) is 0 Å². The normalized spacial score (nSPS) is 18.9. The molecular formula is C17H25NO2. The van der Waals surface area contributed by atoms with Crippen molar-refractivity contribution in [2.75, 3.05) is 13.1 Å². The first-order chi connectivity index (χ1) is 9.54. The number of nitrogens with zero attached hydrogens (tertiary/aromatic N) is 1. The lowest BCUT2D eigenvalue weighted by Gasteiger charge is -2.36. The van der Waals surface area contributed by atoms with Crippen molar-refractivity contribution in [3.8, 4) is 0 Å². The van der Waals surface area contributed by atoms with E-state index in [1.165, 1.54) is 6.42 Å². The summed E-state index contributed by atoms with van der Waals surface area (Å²) in [4.78, 5) is 14.7. The summed E-state index contributed by atoms with van der Waals surface area (Å²) in [5, 5.41) is 11.1. The molecule has 1 aromatic rings. The van der Waals surface area contributed by atoms with Gasteiger partial charge < -0.3 is 10.0 Å². The molecule has 1 unspecified atom stereocenters. The topological polar surface area (TPSA) is 40.5 Å². The van der Waals surface area contributed by atoms with Crippen molar-refractivity contribution in [3.05, 3.63) is 35.9 Å². The van der Waals surface area contributed by atoms with Crippen LogP contribution in [0.4, 0.5) is 0 Å². The summed E-state index contributed by atoms with van der Waals surface area (Å²) in [6, 6.07) is 9.37. The quantitative estimate of drug-likeness (QED) is 0.918. The van der Waals surface area contributed by atoms with Crippen LogP contribution in [0.5, 0.6) is 0 Å². The van der Waals surface area contributed by atoms with Crippen molar-refractivity contribution in [1.82, 2.24) is 4.90 Å².